The van der Waals surface area contributed by atoms with Gasteiger partial charge >= 0.3 is 6.41 Å². The Morgan fingerprint density at radius 1 is 1.29 bits per heavy atom. The van der Waals surface area contributed by atoms with Crippen LogP contribution in [0.25, 0.3) is 0 Å². The van der Waals surface area contributed by atoms with E-state index >= 15 is 0 Å². The van der Waals surface area contributed by atoms with Crippen molar-refractivity contribution >= 4 is 6.41 Å². The molecule has 0 aromatic heterocycles. The first kappa shape index (κ1) is 6.43. The van der Waals surface area contributed by atoms with E-state index in [-0.39, 0.29) is 0 Å². The van der Waals surface area contributed by atoms with Crippen LogP contribution in [-0.4, -0.2) is 37.6 Å². The number of hydrogen-bond donors (Lipinski definition) is 0. The van der Waals surface area contributed by atoms with Gasteiger partial charge in [-0.1, -0.05) is 0 Å². The highest BCUT2D eigenvalue weighted by Gasteiger charge is 1.92. The highest BCUT2D eigenvalue weighted by Crippen LogP contribution is 1.74. The lowest BCUT2D eigenvalue weighted by molar-refractivity contribution is 0.138. The van der Waals surface area contributed by atoms with Gasteiger partial charge in [-0.2, -0.15) is 0 Å². The molecule has 0 fully saturated rings. The molecule has 0 saturated heterocycles. The molecular weight excluding hydrogens is 92.1 g/mol. The molecule has 3 heteroatoms. The van der Waals surface area contributed by atoms with Gasteiger partial charge in [0.25, 0.3) is 0 Å². The Balaban J connectivity index is 3.33. The predicted octanol–water partition coefficient (Wildman–Crippen LogP) is -0.538. The molecule has 41 valence electrons. The van der Waals surface area contributed by atoms with Gasteiger partial charge in [0.1, 0.15) is 0 Å². The molecule has 0 aromatic carbocycles. The van der Waals surface area contributed by atoms with E-state index in [2.05, 4.69) is 0 Å². The number of nitrogens with zero attached hydrogens (tertiary/aromatic N) is 2. The molecule has 0 bridgehead atoms. The van der Waals surface area contributed by atoms with Crippen LogP contribution in [0.5, 0.6) is 0 Å². The van der Waals surface area contributed by atoms with E-state index < -0.39 is 0 Å². The van der Waals surface area contributed by atoms with Crippen LogP contribution in [0.1, 0.15) is 0 Å². The first-order valence-electron chi connectivity index (χ1n) is 1.97. The maximum atomic E-state index is 9.71. The highest BCUT2D eigenvalue weighted by atomic mass is 16.1. The SMILES string of the molecule is CN(C)N(C)[C]=O. The number of hydrazine groups is 1. The quantitative estimate of drug-likeness (QED) is 0.344. The third kappa shape index (κ3) is 2.17. The molecule has 0 aromatic rings. The molecule has 0 saturated carbocycles. The second-order valence-electron chi connectivity index (χ2n) is 1.46. The fourth-order valence-electron chi connectivity index (χ4n) is 0.0816. The summed E-state index contributed by atoms with van der Waals surface area (Å²) in [5.74, 6) is 0. The Morgan fingerprint density at radius 2 is 1.71 bits per heavy atom. The summed E-state index contributed by atoms with van der Waals surface area (Å²) in [5.41, 5.74) is 0. The van der Waals surface area contributed by atoms with Crippen molar-refractivity contribution in [2.24, 2.45) is 0 Å². The standard InChI is InChI=1S/C4H9N2O/c1-5(2)6(3)4-7/h1-3H3. The lowest BCUT2D eigenvalue weighted by Gasteiger charge is -2.16. The molecule has 1 radical (unpaired) electrons. The summed E-state index contributed by atoms with van der Waals surface area (Å²) in [5, 5.41) is 2.95. The third-order valence-corrected chi connectivity index (χ3v) is 0.732. The van der Waals surface area contributed by atoms with E-state index in [4.69, 9.17) is 0 Å². The van der Waals surface area contributed by atoms with Crippen molar-refractivity contribution in [3.8, 4) is 0 Å². The summed E-state index contributed by atoms with van der Waals surface area (Å²) >= 11 is 0. The zero-order chi connectivity index (χ0) is 5.86. The molecule has 0 spiro atoms. The van der Waals surface area contributed by atoms with Gasteiger partial charge in [-0.15, -0.1) is 0 Å². The van der Waals surface area contributed by atoms with Gasteiger partial charge in [-0.25, -0.2) is 5.01 Å². The van der Waals surface area contributed by atoms with E-state index in [0.717, 1.165) is 0 Å². The summed E-state index contributed by atoms with van der Waals surface area (Å²) in [6, 6.07) is 0. The summed E-state index contributed by atoms with van der Waals surface area (Å²) in [4.78, 5) is 9.71. The van der Waals surface area contributed by atoms with Gasteiger partial charge in [0, 0.05) is 21.1 Å². The minimum absolute atomic E-state index is 1.32. The minimum Gasteiger partial charge on any atom is -0.271 e. The topological polar surface area (TPSA) is 23.6 Å². The van der Waals surface area contributed by atoms with E-state index in [9.17, 15) is 4.79 Å². The highest BCUT2D eigenvalue weighted by molar-refractivity contribution is 5.46. The van der Waals surface area contributed by atoms with Crippen molar-refractivity contribution in [2.45, 2.75) is 0 Å². The van der Waals surface area contributed by atoms with Crippen LogP contribution in [0, 0.1) is 0 Å². The summed E-state index contributed by atoms with van der Waals surface area (Å²) in [6.07, 6.45) is 1.67. The Bertz CT molecular complexity index is 62.7. The Morgan fingerprint density at radius 3 is 1.71 bits per heavy atom. The predicted molar refractivity (Wildman–Crippen MR) is 27.1 cm³/mol. The maximum Gasteiger partial charge on any atom is 0.327 e. The fourth-order valence-corrected chi connectivity index (χ4v) is 0.0816. The Labute approximate surface area is 43.5 Å². The van der Waals surface area contributed by atoms with E-state index in [1.807, 2.05) is 0 Å². The monoisotopic (exact) mass is 101 g/mol. The lowest BCUT2D eigenvalue weighted by atomic mass is 11.0. The molecular formula is C4H9N2O. The number of rotatable bonds is 2. The second kappa shape index (κ2) is 2.58. The van der Waals surface area contributed by atoms with Crippen LogP contribution in [-0.2, 0) is 4.79 Å². The molecule has 0 aliphatic heterocycles. The zero-order valence-electron chi connectivity index (χ0n) is 4.80. The minimum atomic E-state index is 1.32. The lowest BCUT2D eigenvalue weighted by Crippen LogP contribution is -2.31. The Kier molecular flexibility index (Phi) is 2.37. The van der Waals surface area contributed by atoms with Gasteiger partial charge < -0.3 is 0 Å². The van der Waals surface area contributed by atoms with Gasteiger partial charge in [0.05, 0.1) is 0 Å². The maximum absolute atomic E-state index is 9.71. The van der Waals surface area contributed by atoms with Crippen LogP contribution < -0.4 is 0 Å². The van der Waals surface area contributed by atoms with Crippen LogP contribution in [0.15, 0.2) is 0 Å². The zero-order valence-corrected chi connectivity index (χ0v) is 4.80. The van der Waals surface area contributed by atoms with E-state index in [1.165, 1.54) is 5.01 Å². The molecule has 7 heavy (non-hydrogen) atoms. The number of amides is 1. The van der Waals surface area contributed by atoms with Crippen molar-refractivity contribution in [1.82, 2.24) is 10.0 Å². The van der Waals surface area contributed by atoms with E-state index in [0.29, 0.717) is 0 Å². The molecule has 0 atom stereocenters. The molecule has 0 heterocycles. The molecule has 0 rings (SSSR count). The number of carbonyl (C=O) groups excluding carboxylic acids is 1. The smallest absolute Gasteiger partial charge is 0.271 e. The normalized spacial score (nSPS) is 9.14. The van der Waals surface area contributed by atoms with Gasteiger partial charge in [0.15, 0.2) is 0 Å². The van der Waals surface area contributed by atoms with Crippen LogP contribution in [0.4, 0.5) is 0 Å². The van der Waals surface area contributed by atoms with Crippen molar-refractivity contribution < 1.29 is 4.79 Å². The average Bonchev–Trinajstić information content (AvgIpc) is 1.65. The second-order valence-corrected chi connectivity index (χ2v) is 1.46. The molecule has 3 nitrogen and oxygen atoms in total. The average molecular weight is 101 g/mol. The fraction of sp³-hybridized carbons (Fsp3) is 0.750. The molecule has 0 aliphatic rings. The molecule has 0 unspecified atom stereocenters. The van der Waals surface area contributed by atoms with Crippen molar-refractivity contribution in [3.05, 3.63) is 0 Å². The van der Waals surface area contributed by atoms with Gasteiger partial charge in [-0.05, 0) is 0 Å². The van der Waals surface area contributed by atoms with Crippen molar-refractivity contribution in [1.29, 1.82) is 0 Å². The molecule has 1 amide bonds. The molecule has 0 aliphatic carbocycles. The summed E-state index contributed by atoms with van der Waals surface area (Å²) < 4.78 is 0. The van der Waals surface area contributed by atoms with E-state index in [1.54, 1.807) is 32.6 Å². The van der Waals surface area contributed by atoms with Crippen LogP contribution in [0.2, 0.25) is 0 Å². The summed E-state index contributed by atoms with van der Waals surface area (Å²) in [7, 11) is 5.17. The first-order chi connectivity index (χ1) is 3.18. The van der Waals surface area contributed by atoms with Crippen LogP contribution >= 0.6 is 0 Å². The number of hydrogen-bond acceptors (Lipinski definition) is 2. The molecule has 0 N–H and O–H groups in total. The van der Waals surface area contributed by atoms with Gasteiger partial charge in [0.2, 0.25) is 0 Å². The largest absolute Gasteiger partial charge is 0.327 e. The first-order valence-corrected chi connectivity index (χ1v) is 1.97. The van der Waals surface area contributed by atoms with Crippen molar-refractivity contribution in [3.63, 3.8) is 0 Å². The van der Waals surface area contributed by atoms with Crippen molar-refractivity contribution in [2.75, 3.05) is 21.1 Å². The Hall–Kier alpha value is -0.570. The van der Waals surface area contributed by atoms with Crippen LogP contribution in [0.3, 0.4) is 0 Å². The van der Waals surface area contributed by atoms with Gasteiger partial charge in [-0.3, -0.25) is 9.80 Å². The third-order valence-electron chi connectivity index (χ3n) is 0.732. The summed E-state index contributed by atoms with van der Waals surface area (Å²) in [6.45, 7) is 0.